The van der Waals surface area contributed by atoms with Gasteiger partial charge in [0, 0.05) is 25.4 Å². The lowest BCUT2D eigenvalue weighted by molar-refractivity contribution is 0.237. The molecular weight excluding hydrogens is 290 g/mol. The Kier molecular flexibility index (Phi) is 1.98. The molecule has 1 aromatic rings. The quantitative estimate of drug-likeness (QED) is 0.740. The molecule has 4 N–H and O–H groups in total. The molecule has 2 rings (SSSR count). The summed E-state index contributed by atoms with van der Waals surface area (Å²) in [5, 5.41) is 1.39. The second-order valence-corrected chi connectivity index (χ2v) is 5.76. The molecule has 0 atom stereocenters. The number of sulfonamides is 1. The van der Waals surface area contributed by atoms with E-state index < -0.39 is 58.8 Å². The number of amides is 2. The molecule has 0 aromatic heterocycles. The molecule has 116 valence electrons. The lowest BCUT2D eigenvalue weighted by atomic mass is 9.96. The van der Waals surface area contributed by atoms with E-state index in [9.17, 15) is 13.2 Å². The van der Waals surface area contributed by atoms with Crippen LogP contribution in [0.1, 0.15) is 52.5 Å². The molecule has 1 aliphatic rings. The van der Waals surface area contributed by atoms with Gasteiger partial charge in [-0.1, -0.05) is 25.2 Å². The van der Waals surface area contributed by atoms with Crippen molar-refractivity contribution < 1.29 is 28.3 Å². The summed E-state index contributed by atoms with van der Waals surface area (Å²) in [6.07, 6.45) is -19.2. The van der Waals surface area contributed by atoms with Gasteiger partial charge in [-0.15, -0.1) is 0 Å². The maximum Gasteiger partial charge on any atom is 0.328 e. The number of nitrogens with two attached hydrogens (primary N) is 1. The first-order chi connectivity index (χ1) is 14.0. The highest BCUT2D eigenvalue weighted by Gasteiger charge is 2.21. The van der Waals surface area contributed by atoms with Gasteiger partial charge in [0.1, 0.15) is 0 Å². The number of nitrogen functional groups attached to an aromatic ring is 1. The van der Waals surface area contributed by atoms with Crippen LogP contribution < -0.4 is 15.8 Å². The van der Waals surface area contributed by atoms with Crippen molar-refractivity contribution in [2.24, 2.45) is 0 Å². The van der Waals surface area contributed by atoms with Crippen molar-refractivity contribution in [3.8, 4) is 0 Å². The van der Waals surface area contributed by atoms with Gasteiger partial charge in [0.25, 0.3) is 10.0 Å². The van der Waals surface area contributed by atoms with Crippen molar-refractivity contribution in [2.45, 2.75) is 49.7 Å². The van der Waals surface area contributed by atoms with Gasteiger partial charge >= 0.3 is 6.03 Å². The molecule has 7 heteroatoms. The van der Waals surface area contributed by atoms with Crippen LogP contribution in [0.5, 0.6) is 0 Å². The normalized spacial score (nSPS) is 37.7. The van der Waals surface area contributed by atoms with E-state index in [-0.39, 0.29) is 5.69 Å². The molecule has 2 amide bonds. The maximum atomic E-state index is 12.4. The van der Waals surface area contributed by atoms with Crippen LogP contribution in [0.2, 0.25) is 0 Å². The molecule has 1 aliphatic carbocycles. The van der Waals surface area contributed by atoms with Crippen molar-refractivity contribution >= 4 is 21.7 Å². The van der Waals surface area contributed by atoms with Gasteiger partial charge in [-0.2, -0.15) is 0 Å². The number of benzene rings is 1. The monoisotopic (exact) mass is 322 g/mol. The zero-order valence-electron chi connectivity index (χ0n) is 21.9. The number of nitrogens with one attached hydrogen (secondary N) is 2. The van der Waals surface area contributed by atoms with E-state index in [2.05, 4.69) is 0 Å². The average Bonchev–Trinajstić information content (AvgIpc) is 2.61. The fraction of sp³-hybridized carbons (Fsp3) is 0.500. The Labute approximate surface area is 140 Å². The summed E-state index contributed by atoms with van der Waals surface area (Å²) in [5.74, 6) is 0. The van der Waals surface area contributed by atoms with Crippen LogP contribution >= 0.6 is 0 Å². The zero-order chi connectivity index (χ0) is 25.3. The van der Waals surface area contributed by atoms with E-state index in [1.165, 1.54) is 16.1 Å². The number of anilines is 1. The van der Waals surface area contributed by atoms with Crippen LogP contribution in [-0.2, 0) is 10.0 Å². The highest BCUT2D eigenvalue weighted by molar-refractivity contribution is 7.90. The Morgan fingerprint density at radius 2 is 2.05 bits per heavy atom. The molecule has 0 saturated heterocycles. The molecule has 1 fully saturated rings. The third kappa shape index (κ3) is 4.10. The van der Waals surface area contributed by atoms with Crippen molar-refractivity contribution in [3.05, 3.63) is 23.8 Å². The van der Waals surface area contributed by atoms with Crippen LogP contribution in [0.25, 0.3) is 0 Å². The van der Waals surface area contributed by atoms with Gasteiger partial charge in [-0.3, -0.25) is 0 Å². The Morgan fingerprint density at radius 3 is 2.67 bits per heavy atom. The first-order valence-corrected chi connectivity index (χ1v) is 7.21. The molecule has 0 unspecified atom stereocenters. The number of urea groups is 1. The molecule has 1 saturated carbocycles. The lowest BCUT2D eigenvalue weighted by Crippen LogP contribution is -2.45. The number of hydrogen-bond donors (Lipinski definition) is 3. The first kappa shape index (κ1) is 6.56. The molecule has 0 spiro atoms. The van der Waals surface area contributed by atoms with Gasteiger partial charge in [-0.05, 0) is 37.4 Å². The molecule has 0 bridgehead atoms. The largest absolute Gasteiger partial charge is 0.398 e. The molecule has 0 heterocycles. The third-order valence-corrected chi connectivity index (χ3v) is 3.86. The predicted molar refractivity (Wildman–Crippen MR) is 81.3 cm³/mol. The summed E-state index contributed by atoms with van der Waals surface area (Å²) in [6, 6.07) is -2.24. The number of hydrogen-bond acceptors (Lipinski definition) is 4. The van der Waals surface area contributed by atoms with Gasteiger partial charge in [0.05, 0.1) is 6.27 Å². The molecule has 0 radical (unpaired) electrons. The van der Waals surface area contributed by atoms with E-state index in [4.69, 9.17) is 20.8 Å². The van der Waals surface area contributed by atoms with Crippen molar-refractivity contribution in [3.63, 3.8) is 0 Å². The van der Waals surface area contributed by atoms with Crippen molar-refractivity contribution in [2.75, 3.05) is 5.73 Å². The van der Waals surface area contributed by atoms with Gasteiger partial charge in [-0.25, -0.2) is 17.9 Å². The van der Waals surface area contributed by atoms with E-state index in [1.54, 1.807) is 6.92 Å². The van der Waals surface area contributed by atoms with Crippen LogP contribution in [0.4, 0.5) is 10.5 Å². The minimum absolute atomic E-state index is 0.0637. The minimum atomic E-state index is -4.66. The van der Waals surface area contributed by atoms with Gasteiger partial charge < -0.3 is 11.1 Å². The molecule has 21 heavy (non-hydrogen) atoms. The maximum absolute atomic E-state index is 12.4. The second-order valence-electron chi connectivity index (χ2n) is 4.08. The third-order valence-electron chi connectivity index (χ3n) is 2.53. The van der Waals surface area contributed by atoms with Crippen LogP contribution in [0.15, 0.2) is 23.1 Å². The van der Waals surface area contributed by atoms with Crippen LogP contribution in [0, 0.1) is 6.92 Å². The Hall–Kier alpha value is -1.76. The van der Waals surface area contributed by atoms with E-state index >= 15 is 0 Å². The van der Waals surface area contributed by atoms with Crippen molar-refractivity contribution in [1.82, 2.24) is 10.0 Å². The Bertz CT molecular complexity index is 1030. The molecule has 6 nitrogen and oxygen atoms in total. The second kappa shape index (κ2) is 6.34. The Morgan fingerprint density at radius 1 is 1.38 bits per heavy atom. The predicted octanol–water partition coefficient (Wildman–Crippen LogP) is 1.90. The zero-order valence-corrected chi connectivity index (χ0v) is 11.8. The summed E-state index contributed by atoms with van der Waals surface area (Å²) < 4.78 is 113. The number of aryl methyl sites for hydroxylation is 1. The summed E-state index contributed by atoms with van der Waals surface area (Å²) in [6.45, 7) is 1.59. The van der Waals surface area contributed by atoms with Crippen LogP contribution in [0.3, 0.4) is 0 Å². The highest BCUT2D eigenvalue weighted by Crippen LogP contribution is 2.18. The average molecular weight is 322 g/mol. The summed E-state index contributed by atoms with van der Waals surface area (Å²) in [4.78, 5) is 11.9. The van der Waals surface area contributed by atoms with E-state index in [1.807, 2.05) is 0 Å². The number of carbonyl (C=O) groups excluding carboxylic acids is 1. The molecular formula is C14H21N3O3S. The Balaban J connectivity index is 2.51. The van der Waals surface area contributed by atoms with E-state index in [0.29, 0.717) is 5.56 Å². The lowest BCUT2D eigenvalue weighted by Gasteiger charge is -2.22. The highest BCUT2D eigenvalue weighted by atomic mass is 32.2. The van der Waals surface area contributed by atoms with Crippen LogP contribution in [-0.4, -0.2) is 20.5 Å². The number of carbonyl (C=O) groups is 1. The van der Waals surface area contributed by atoms with Gasteiger partial charge in [0.2, 0.25) is 0 Å². The topological polar surface area (TPSA) is 101 Å². The fourth-order valence-electron chi connectivity index (χ4n) is 1.42. The standard InChI is InChI=1S/C14H21N3O3S/c1-10-7-8-12(9-13(10)15)21(19,20)17-14(18)16-11-5-3-2-4-6-11/h7-9,11H,2-6,15H2,1H3,(H2,16,17,18)/i2D2,3D2,4D2,5D2,6D2,11D. The van der Waals surface area contributed by atoms with E-state index in [0.717, 1.165) is 12.1 Å². The SMILES string of the molecule is [2H]C1([2H])C([2H])([2H])C([2H])([2H])C([2H])(NC(=O)NS(=O)(=O)c2ccc(C)c(N)c2)C([2H])([2H])C1([2H])[2H]. The summed E-state index contributed by atoms with van der Waals surface area (Å²) >= 11 is 0. The molecule has 0 aliphatic heterocycles. The number of rotatable bonds is 3. The smallest absolute Gasteiger partial charge is 0.328 e. The summed E-state index contributed by atoms with van der Waals surface area (Å²) in [5.41, 5.74) is 6.23. The first-order valence-electron chi connectivity index (χ1n) is 11.2. The fourth-order valence-corrected chi connectivity index (χ4v) is 2.36. The minimum Gasteiger partial charge on any atom is -0.398 e. The van der Waals surface area contributed by atoms with Crippen molar-refractivity contribution in [1.29, 1.82) is 0 Å². The molecule has 1 aromatic carbocycles. The summed E-state index contributed by atoms with van der Waals surface area (Å²) in [7, 11) is -4.66. The van der Waals surface area contributed by atoms with Gasteiger partial charge in [0.15, 0.2) is 0 Å².